The van der Waals surface area contributed by atoms with E-state index < -0.39 is 15.9 Å². The summed E-state index contributed by atoms with van der Waals surface area (Å²) in [6.07, 6.45) is 0. The van der Waals surface area contributed by atoms with Crippen molar-refractivity contribution < 1.29 is 13.2 Å². The van der Waals surface area contributed by atoms with E-state index in [-0.39, 0.29) is 11.4 Å². The Morgan fingerprint density at radius 1 is 0.839 bits per heavy atom. The first kappa shape index (κ1) is 22.6. The normalized spacial score (nSPS) is 11.3. The van der Waals surface area contributed by atoms with Gasteiger partial charge in [-0.05, 0) is 81.1 Å². The molecule has 0 atom stereocenters. The molecule has 0 saturated heterocycles. The molecule has 5 nitrogen and oxygen atoms in total. The highest BCUT2D eigenvalue weighted by Crippen LogP contribution is 2.28. The van der Waals surface area contributed by atoms with Gasteiger partial charge in [-0.15, -0.1) is 0 Å². The summed E-state index contributed by atoms with van der Waals surface area (Å²) < 4.78 is 28.3. The van der Waals surface area contributed by atoms with Gasteiger partial charge in [-0.1, -0.05) is 42.0 Å². The fraction of sp³-hybridized carbons (Fsp3) is 0.240. The summed E-state index contributed by atoms with van der Waals surface area (Å²) in [6.45, 7) is 9.21. The van der Waals surface area contributed by atoms with Crippen molar-refractivity contribution in [1.29, 1.82) is 0 Å². The van der Waals surface area contributed by atoms with Crippen LogP contribution in [0.15, 0.2) is 65.6 Å². The Balaban J connectivity index is 2.02. The van der Waals surface area contributed by atoms with E-state index in [4.69, 9.17) is 0 Å². The van der Waals surface area contributed by atoms with Gasteiger partial charge in [-0.25, -0.2) is 8.42 Å². The first-order chi connectivity index (χ1) is 14.6. The standard InChI is InChI=1S/C25H28N2O3S/c1-17-10-13-22(14-11-17)31(29,30)27(24-15-18(2)9-12-20(24)4)16-25(28)26-23-8-6-7-19(3)21(23)5/h6-15H,16H2,1-5H3,(H,26,28). The second kappa shape index (κ2) is 8.94. The summed E-state index contributed by atoms with van der Waals surface area (Å²) in [5, 5.41) is 2.87. The molecule has 3 aromatic rings. The molecule has 0 aliphatic carbocycles. The van der Waals surface area contributed by atoms with Crippen molar-refractivity contribution in [3.8, 4) is 0 Å². The van der Waals surface area contributed by atoms with E-state index >= 15 is 0 Å². The number of benzene rings is 3. The number of carbonyl (C=O) groups is 1. The number of anilines is 2. The van der Waals surface area contributed by atoms with Gasteiger partial charge in [-0.3, -0.25) is 9.10 Å². The van der Waals surface area contributed by atoms with Crippen molar-refractivity contribution in [2.45, 2.75) is 39.5 Å². The molecule has 162 valence electrons. The van der Waals surface area contributed by atoms with E-state index in [1.165, 1.54) is 4.31 Å². The Bertz CT molecular complexity index is 1220. The van der Waals surface area contributed by atoms with Crippen LogP contribution in [0.3, 0.4) is 0 Å². The summed E-state index contributed by atoms with van der Waals surface area (Å²) in [4.78, 5) is 13.1. The van der Waals surface area contributed by atoms with Crippen LogP contribution >= 0.6 is 0 Å². The molecule has 0 unspecified atom stereocenters. The maximum atomic E-state index is 13.6. The van der Waals surface area contributed by atoms with E-state index in [1.54, 1.807) is 30.3 Å². The van der Waals surface area contributed by atoms with E-state index in [0.717, 1.165) is 27.8 Å². The number of nitrogens with zero attached hydrogens (tertiary/aromatic N) is 1. The predicted octanol–water partition coefficient (Wildman–Crippen LogP) is 5.06. The lowest BCUT2D eigenvalue weighted by molar-refractivity contribution is -0.114. The molecule has 0 spiro atoms. The van der Waals surface area contributed by atoms with Crippen LogP contribution in [0.1, 0.15) is 27.8 Å². The minimum atomic E-state index is -3.94. The summed E-state index contributed by atoms with van der Waals surface area (Å²) in [5.74, 6) is -0.398. The average Bonchev–Trinajstić information content (AvgIpc) is 2.72. The predicted molar refractivity (Wildman–Crippen MR) is 126 cm³/mol. The van der Waals surface area contributed by atoms with E-state index in [2.05, 4.69) is 5.32 Å². The van der Waals surface area contributed by atoms with Crippen molar-refractivity contribution in [2.24, 2.45) is 0 Å². The maximum Gasteiger partial charge on any atom is 0.264 e. The van der Waals surface area contributed by atoms with Gasteiger partial charge in [0.15, 0.2) is 0 Å². The van der Waals surface area contributed by atoms with Gasteiger partial charge >= 0.3 is 0 Å². The Morgan fingerprint density at radius 3 is 2.16 bits per heavy atom. The molecule has 0 radical (unpaired) electrons. The van der Waals surface area contributed by atoms with Crippen molar-refractivity contribution in [3.63, 3.8) is 0 Å². The van der Waals surface area contributed by atoms with Crippen molar-refractivity contribution in [1.82, 2.24) is 0 Å². The highest BCUT2D eigenvalue weighted by molar-refractivity contribution is 7.92. The third-order valence-corrected chi connectivity index (χ3v) is 7.18. The van der Waals surface area contributed by atoms with Crippen molar-refractivity contribution in [2.75, 3.05) is 16.2 Å². The summed E-state index contributed by atoms with van der Waals surface area (Å²) >= 11 is 0. The Kier molecular flexibility index (Phi) is 6.51. The lowest BCUT2D eigenvalue weighted by Crippen LogP contribution is -2.38. The highest BCUT2D eigenvalue weighted by Gasteiger charge is 2.28. The van der Waals surface area contributed by atoms with Gasteiger partial charge in [-0.2, -0.15) is 0 Å². The van der Waals surface area contributed by atoms with Gasteiger partial charge in [0.1, 0.15) is 6.54 Å². The number of rotatable bonds is 6. The number of carbonyl (C=O) groups excluding carboxylic acids is 1. The van der Waals surface area contributed by atoms with Crippen LogP contribution in [-0.4, -0.2) is 20.9 Å². The van der Waals surface area contributed by atoms with Crippen LogP contribution in [0.5, 0.6) is 0 Å². The second-order valence-electron chi connectivity index (χ2n) is 7.91. The molecule has 0 fully saturated rings. The number of nitrogens with one attached hydrogen (secondary N) is 1. The molecule has 6 heteroatoms. The zero-order chi connectivity index (χ0) is 22.8. The Labute approximate surface area is 184 Å². The van der Waals surface area contributed by atoms with Gasteiger partial charge in [0.05, 0.1) is 10.6 Å². The molecule has 0 bridgehead atoms. The molecular weight excluding hydrogens is 408 g/mol. The van der Waals surface area contributed by atoms with Gasteiger partial charge in [0.25, 0.3) is 10.0 Å². The summed E-state index contributed by atoms with van der Waals surface area (Å²) in [6, 6.07) is 17.9. The number of hydrogen-bond donors (Lipinski definition) is 1. The summed E-state index contributed by atoms with van der Waals surface area (Å²) in [7, 11) is -3.94. The lowest BCUT2D eigenvalue weighted by Gasteiger charge is -2.26. The van der Waals surface area contributed by atoms with Crippen LogP contribution in [-0.2, 0) is 14.8 Å². The molecule has 3 rings (SSSR count). The van der Waals surface area contributed by atoms with E-state index in [9.17, 15) is 13.2 Å². The molecule has 1 N–H and O–H groups in total. The Hall–Kier alpha value is -3.12. The fourth-order valence-corrected chi connectivity index (χ4v) is 4.81. The molecular formula is C25H28N2O3S. The van der Waals surface area contributed by atoms with Gasteiger partial charge < -0.3 is 5.32 Å². The van der Waals surface area contributed by atoms with Crippen LogP contribution in [0, 0.1) is 34.6 Å². The zero-order valence-corrected chi connectivity index (χ0v) is 19.4. The molecule has 0 aliphatic rings. The zero-order valence-electron chi connectivity index (χ0n) is 18.6. The topological polar surface area (TPSA) is 66.5 Å². The monoisotopic (exact) mass is 436 g/mol. The molecule has 31 heavy (non-hydrogen) atoms. The minimum absolute atomic E-state index is 0.151. The lowest BCUT2D eigenvalue weighted by atomic mass is 10.1. The molecule has 1 amide bonds. The van der Waals surface area contributed by atoms with Gasteiger partial charge in [0.2, 0.25) is 5.91 Å². The van der Waals surface area contributed by atoms with Crippen molar-refractivity contribution >= 4 is 27.3 Å². The number of hydrogen-bond acceptors (Lipinski definition) is 3. The number of aryl methyl sites for hydroxylation is 4. The minimum Gasteiger partial charge on any atom is -0.324 e. The highest BCUT2D eigenvalue weighted by atomic mass is 32.2. The van der Waals surface area contributed by atoms with Crippen LogP contribution in [0.25, 0.3) is 0 Å². The molecule has 0 heterocycles. The van der Waals surface area contributed by atoms with E-state index in [1.807, 2.05) is 65.0 Å². The molecule has 0 saturated carbocycles. The average molecular weight is 437 g/mol. The molecule has 0 aromatic heterocycles. The second-order valence-corrected chi connectivity index (χ2v) is 9.77. The summed E-state index contributed by atoms with van der Waals surface area (Å²) in [5.41, 5.74) is 5.84. The third-order valence-electron chi connectivity index (χ3n) is 5.41. The first-order valence-electron chi connectivity index (χ1n) is 10.1. The number of amides is 1. The fourth-order valence-electron chi connectivity index (χ4n) is 3.33. The molecule has 3 aromatic carbocycles. The van der Waals surface area contributed by atoms with E-state index in [0.29, 0.717) is 11.4 Å². The maximum absolute atomic E-state index is 13.6. The van der Waals surface area contributed by atoms with Gasteiger partial charge in [0, 0.05) is 5.69 Å². The van der Waals surface area contributed by atoms with Crippen molar-refractivity contribution in [3.05, 3.63) is 88.5 Å². The van der Waals surface area contributed by atoms with Crippen LogP contribution in [0.4, 0.5) is 11.4 Å². The SMILES string of the molecule is Cc1ccc(S(=O)(=O)N(CC(=O)Nc2cccc(C)c2C)c2cc(C)ccc2C)cc1. The molecule has 0 aliphatic heterocycles. The Morgan fingerprint density at radius 2 is 1.48 bits per heavy atom. The first-order valence-corrected chi connectivity index (χ1v) is 11.6. The van der Waals surface area contributed by atoms with Crippen LogP contribution in [0.2, 0.25) is 0 Å². The smallest absolute Gasteiger partial charge is 0.264 e. The quantitative estimate of drug-likeness (QED) is 0.587. The van der Waals surface area contributed by atoms with Crippen LogP contribution < -0.4 is 9.62 Å². The number of sulfonamides is 1. The largest absolute Gasteiger partial charge is 0.324 e. The third kappa shape index (κ3) is 4.97.